The molecule has 2 aromatic carbocycles. The maximum atomic E-state index is 14.8. The molecule has 0 spiro atoms. The number of Topliss-reactive ketones (excluding diaryl/α,β-unsaturated/α-hetero) is 1. The fraction of sp³-hybridized carbons (Fsp3) is 0.360. The standard InChI is InChI=1S/C25H29FN2O4/c1-16(2)32-18-12-10-17(11-13-18)23(29)21-22(19-8-5-6-9-20(19)26)28(25(31)24(21)30)15-7-14-27(3)4/h5-6,8-13,16,22,29H,7,14-15H2,1-4H3. The predicted molar refractivity (Wildman–Crippen MR) is 121 cm³/mol. The molecule has 32 heavy (non-hydrogen) atoms. The van der Waals surface area contributed by atoms with Crippen LogP contribution < -0.4 is 4.74 Å². The van der Waals surface area contributed by atoms with Crippen LogP contribution in [0.1, 0.15) is 37.4 Å². The Morgan fingerprint density at radius 3 is 2.38 bits per heavy atom. The van der Waals surface area contributed by atoms with Crippen molar-refractivity contribution in [3.8, 4) is 5.75 Å². The van der Waals surface area contributed by atoms with Crippen LogP contribution in [-0.4, -0.2) is 59.9 Å². The maximum Gasteiger partial charge on any atom is 0.295 e. The molecule has 1 saturated heterocycles. The van der Waals surface area contributed by atoms with E-state index < -0.39 is 23.5 Å². The fourth-order valence-electron chi connectivity index (χ4n) is 3.81. The summed E-state index contributed by atoms with van der Waals surface area (Å²) in [4.78, 5) is 29.2. The molecule has 0 saturated carbocycles. The van der Waals surface area contributed by atoms with E-state index in [-0.39, 0.29) is 29.5 Å². The summed E-state index contributed by atoms with van der Waals surface area (Å²) in [6, 6.07) is 11.6. The first-order valence-electron chi connectivity index (χ1n) is 10.7. The third kappa shape index (κ3) is 4.99. The van der Waals surface area contributed by atoms with E-state index in [1.54, 1.807) is 36.4 Å². The monoisotopic (exact) mass is 440 g/mol. The average molecular weight is 441 g/mol. The molecule has 1 heterocycles. The number of aliphatic hydroxyl groups excluding tert-OH is 1. The van der Waals surface area contributed by atoms with E-state index in [2.05, 4.69) is 0 Å². The summed E-state index contributed by atoms with van der Waals surface area (Å²) in [5.41, 5.74) is 0.425. The Hall–Kier alpha value is -3.19. The lowest BCUT2D eigenvalue weighted by Gasteiger charge is -2.26. The van der Waals surface area contributed by atoms with Crippen LogP contribution in [0.15, 0.2) is 54.1 Å². The van der Waals surface area contributed by atoms with E-state index in [9.17, 15) is 19.1 Å². The van der Waals surface area contributed by atoms with Gasteiger partial charge < -0.3 is 19.6 Å². The number of likely N-dealkylation sites (tertiary alicyclic amines) is 1. The van der Waals surface area contributed by atoms with E-state index in [4.69, 9.17) is 4.74 Å². The third-order valence-corrected chi connectivity index (χ3v) is 5.24. The summed E-state index contributed by atoms with van der Waals surface area (Å²) in [7, 11) is 3.82. The molecule has 0 aromatic heterocycles. The van der Waals surface area contributed by atoms with Crippen molar-refractivity contribution in [1.82, 2.24) is 9.80 Å². The van der Waals surface area contributed by atoms with Crippen LogP contribution in [-0.2, 0) is 9.59 Å². The van der Waals surface area contributed by atoms with Crippen LogP contribution in [0.4, 0.5) is 4.39 Å². The van der Waals surface area contributed by atoms with Gasteiger partial charge in [0, 0.05) is 17.7 Å². The van der Waals surface area contributed by atoms with Crippen molar-refractivity contribution < 1.29 is 23.8 Å². The highest BCUT2D eigenvalue weighted by atomic mass is 19.1. The molecule has 0 radical (unpaired) electrons. The lowest BCUT2D eigenvalue weighted by atomic mass is 9.95. The van der Waals surface area contributed by atoms with Gasteiger partial charge in [-0.2, -0.15) is 0 Å². The normalized spacial score (nSPS) is 18.1. The van der Waals surface area contributed by atoms with Crippen molar-refractivity contribution in [3.63, 3.8) is 0 Å². The number of benzene rings is 2. The van der Waals surface area contributed by atoms with Gasteiger partial charge in [0.1, 0.15) is 17.3 Å². The van der Waals surface area contributed by atoms with Gasteiger partial charge in [-0.15, -0.1) is 0 Å². The van der Waals surface area contributed by atoms with Gasteiger partial charge in [-0.25, -0.2) is 4.39 Å². The van der Waals surface area contributed by atoms with Gasteiger partial charge in [0.05, 0.1) is 17.7 Å². The number of hydrogen-bond donors (Lipinski definition) is 1. The summed E-state index contributed by atoms with van der Waals surface area (Å²) in [5, 5.41) is 11.0. The van der Waals surface area contributed by atoms with Crippen molar-refractivity contribution in [2.24, 2.45) is 0 Å². The number of aliphatic hydroxyl groups is 1. The van der Waals surface area contributed by atoms with Gasteiger partial charge in [-0.3, -0.25) is 9.59 Å². The molecule has 2 aromatic rings. The van der Waals surface area contributed by atoms with E-state index in [1.807, 2.05) is 32.8 Å². The van der Waals surface area contributed by atoms with E-state index in [0.29, 0.717) is 24.3 Å². The first-order valence-corrected chi connectivity index (χ1v) is 10.7. The Morgan fingerprint density at radius 1 is 1.12 bits per heavy atom. The summed E-state index contributed by atoms with van der Waals surface area (Å²) < 4.78 is 20.4. The smallest absolute Gasteiger partial charge is 0.295 e. The Kier molecular flexibility index (Phi) is 7.30. The van der Waals surface area contributed by atoms with Crippen LogP contribution >= 0.6 is 0 Å². The Labute approximate surface area is 187 Å². The van der Waals surface area contributed by atoms with Crippen molar-refractivity contribution in [2.45, 2.75) is 32.4 Å². The van der Waals surface area contributed by atoms with Crippen molar-refractivity contribution in [1.29, 1.82) is 0 Å². The molecular formula is C25H29FN2O4. The van der Waals surface area contributed by atoms with Crippen molar-refractivity contribution in [2.75, 3.05) is 27.2 Å². The molecule has 0 aliphatic carbocycles. The zero-order valence-corrected chi connectivity index (χ0v) is 18.8. The zero-order chi connectivity index (χ0) is 23.4. The summed E-state index contributed by atoms with van der Waals surface area (Å²) >= 11 is 0. The first kappa shape index (κ1) is 23.5. The second-order valence-electron chi connectivity index (χ2n) is 8.36. The molecule has 170 valence electrons. The molecule has 6 nitrogen and oxygen atoms in total. The molecule has 1 aliphatic rings. The molecule has 1 unspecified atom stereocenters. The number of amides is 1. The largest absolute Gasteiger partial charge is 0.507 e. The minimum absolute atomic E-state index is 0.0111. The summed E-state index contributed by atoms with van der Waals surface area (Å²) in [6.07, 6.45) is 0.592. The number of carbonyl (C=O) groups is 2. The first-order chi connectivity index (χ1) is 15.2. The molecule has 7 heteroatoms. The van der Waals surface area contributed by atoms with Gasteiger partial charge in [0.2, 0.25) is 0 Å². The van der Waals surface area contributed by atoms with Gasteiger partial charge >= 0.3 is 0 Å². The number of halogens is 1. The quantitative estimate of drug-likeness (QED) is 0.382. The van der Waals surface area contributed by atoms with Crippen molar-refractivity contribution in [3.05, 3.63) is 71.0 Å². The Bertz CT molecular complexity index is 1010. The minimum Gasteiger partial charge on any atom is -0.507 e. The van der Waals surface area contributed by atoms with Crippen LogP contribution in [0.5, 0.6) is 5.75 Å². The Balaban J connectivity index is 2.05. The van der Waals surface area contributed by atoms with E-state index in [0.717, 1.165) is 0 Å². The predicted octanol–water partition coefficient (Wildman–Crippen LogP) is 3.99. The van der Waals surface area contributed by atoms with Crippen LogP contribution in [0.3, 0.4) is 0 Å². The average Bonchev–Trinajstić information content (AvgIpc) is 2.98. The van der Waals surface area contributed by atoms with Gasteiger partial charge in [0.15, 0.2) is 0 Å². The molecule has 1 aliphatic heterocycles. The molecule has 1 amide bonds. The highest BCUT2D eigenvalue weighted by Gasteiger charge is 2.46. The zero-order valence-electron chi connectivity index (χ0n) is 18.8. The number of hydrogen-bond acceptors (Lipinski definition) is 5. The van der Waals surface area contributed by atoms with Gasteiger partial charge in [-0.1, -0.05) is 18.2 Å². The molecule has 3 rings (SSSR count). The maximum absolute atomic E-state index is 14.8. The highest BCUT2D eigenvalue weighted by molar-refractivity contribution is 6.46. The lowest BCUT2D eigenvalue weighted by molar-refractivity contribution is -0.140. The Morgan fingerprint density at radius 2 is 1.78 bits per heavy atom. The molecular weight excluding hydrogens is 411 g/mol. The van der Waals surface area contributed by atoms with Gasteiger partial charge in [0.25, 0.3) is 11.7 Å². The number of rotatable bonds is 8. The number of carbonyl (C=O) groups excluding carboxylic acids is 2. The number of ketones is 1. The third-order valence-electron chi connectivity index (χ3n) is 5.24. The number of ether oxygens (including phenoxy) is 1. The fourth-order valence-corrected chi connectivity index (χ4v) is 3.81. The number of nitrogens with zero attached hydrogens (tertiary/aromatic N) is 2. The molecule has 0 bridgehead atoms. The van der Waals surface area contributed by atoms with E-state index in [1.165, 1.54) is 17.0 Å². The summed E-state index contributed by atoms with van der Waals surface area (Å²) in [6.45, 7) is 4.77. The molecule has 1 N–H and O–H groups in total. The van der Waals surface area contributed by atoms with Crippen LogP contribution in [0, 0.1) is 5.82 Å². The van der Waals surface area contributed by atoms with E-state index >= 15 is 0 Å². The minimum atomic E-state index is -0.995. The summed E-state index contributed by atoms with van der Waals surface area (Å²) in [5.74, 6) is -1.81. The highest BCUT2D eigenvalue weighted by Crippen LogP contribution is 2.40. The second kappa shape index (κ2) is 9.96. The molecule has 1 atom stereocenters. The van der Waals surface area contributed by atoms with Crippen molar-refractivity contribution >= 4 is 17.4 Å². The van der Waals surface area contributed by atoms with Crippen LogP contribution in [0.2, 0.25) is 0 Å². The van der Waals surface area contributed by atoms with Crippen LogP contribution in [0.25, 0.3) is 5.76 Å². The second-order valence-corrected chi connectivity index (χ2v) is 8.36. The topological polar surface area (TPSA) is 70.1 Å². The SMILES string of the molecule is CC(C)Oc1ccc(C(O)=C2C(=O)C(=O)N(CCCN(C)C)C2c2ccccc2F)cc1. The molecule has 1 fully saturated rings. The van der Waals surface area contributed by atoms with Gasteiger partial charge in [-0.05, 0) is 71.2 Å². The lowest BCUT2D eigenvalue weighted by Crippen LogP contribution is -2.32.